The van der Waals surface area contributed by atoms with Crippen molar-refractivity contribution >= 4 is 21.9 Å². The Hall–Kier alpha value is -3.32. The van der Waals surface area contributed by atoms with E-state index in [-0.39, 0.29) is 4.90 Å². The van der Waals surface area contributed by atoms with Crippen LogP contribution in [0.25, 0.3) is 0 Å². The average Bonchev–Trinajstić information content (AvgIpc) is 2.79. The Balaban J connectivity index is 1.62. The van der Waals surface area contributed by atoms with Gasteiger partial charge in [0.1, 0.15) is 5.75 Å². The van der Waals surface area contributed by atoms with Gasteiger partial charge in [-0.2, -0.15) is 13.5 Å². The smallest absolute Gasteiger partial charge is 0.276 e. The van der Waals surface area contributed by atoms with E-state index in [2.05, 4.69) is 33.9 Å². The lowest BCUT2D eigenvalue weighted by Gasteiger charge is -2.23. The summed E-state index contributed by atoms with van der Waals surface area (Å²) < 4.78 is 30.1. The fourth-order valence-electron chi connectivity index (χ4n) is 3.07. The largest absolute Gasteiger partial charge is 0.494 e. The molecule has 0 saturated carbocycles. The van der Waals surface area contributed by atoms with Gasteiger partial charge in [-0.15, -0.1) is 0 Å². The number of hydrogen-bond donors (Lipinski definition) is 1. The molecule has 0 radical (unpaired) electrons. The first kappa shape index (κ1) is 22.4. The highest BCUT2D eigenvalue weighted by Crippen LogP contribution is 2.18. The molecule has 0 heterocycles. The van der Waals surface area contributed by atoms with Crippen LogP contribution in [0.2, 0.25) is 0 Å². The van der Waals surface area contributed by atoms with Crippen LogP contribution >= 0.6 is 0 Å². The normalized spacial score (nSPS) is 11.4. The molecule has 0 aromatic heterocycles. The zero-order chi connectivity index (χ0) is 22.1. The molecule has 3 rings (SSSR count). The molecule has 7 heteroatoms. The summed E-state index contributed by atoms with van der Waals surface area (Å²) in [6, 6.07) is 24.4. The molecule has 0 aliphatic heterocycles. The minimum atomic E-state index is -3.73. The molecular weight excluding hydrogens is 410 g/mol. The lowest BCUT2D eigenvalue weighted by atomic mass is 10.1. The van der Waals surface area contributed by atoms with Crippen molar-refractivity contribution in [1.82, 2.24) is 4.83 Å². The summed E-state index contributed by atoms with van der Waals surface area (Å²) >= 11 is 0. The van der Waals surface area contributed by atoms with E-state index in [1.807, 2.05) is 49.4 Å². The lowest BCUT2D eigenvalue weighted by molar-refractivity contribution is 0.340. The van der Waals surface area contributed by atoms with Crippen molar-refractivity contribution in [2.24, 2.45) is 5.10 Å². The van der Waals surface area contributed by atoms with Gasteiger partial charge in [-0.25, -0.2) is 4.83 Å². The van der Waals surface area contributed by atoms with Crippen molar-refractivity contribution in [3.8, 4) is 5.75 Å². The second kappa shape index (κ2) is 10.6. The van der Waals surface area contributed by atoms with Crippen LogP contribution in [-0.2, 0) is 16.6 Å². The summed E-state index contributed by atoms with van der Waals surface area (Å²) in [7, 11) is -3.73. The summed E-state index contributed by atoms with van der Waals surface area (Å²) in [6.45, 7) is 6.22. The van der Waals surface area contributed by atoms with Crippen LogP contribution in [0, 0.1) is 0 Å². The van der Waals surface area contributed by atoms with Crippen molar-refractivity contribution in [3.63, 3.8) is 0 Å². The van der Waals surface area contributed by atoms with Crippen molar-refractivity contribution in [3.05, 3.63) is 90.0 Å². The summed E-state index contributed by atoms with van der Waals surface area (Å²) in [5.41, 5.74) is 3.14. The van der Waals surface area contributed by atoms with Gasteiger partial charge in [0.25, 0.3) is 10.0 Å². The topological polar surface area (TPSA) is 71.0 Å². The SMILES string of the molecule is CCOc1ccc(S(=O)(=O)NN=Cc2ccc(N(CC)Cc3ccccc3)cc2)cc1. The third-order valence-electron chi connectivity index (χ3n) is 4.69. The van der Waals surface area contributed by atoms with Gasteiger partial charge in [-0.3, -0.25) is 0 Å². The molecule has 0 saturated heterocycles. The summed E-state index contributed by atoms with van der Waals surface area (Å²) in [5.74, 6) is 0.624. The Morgan fingerprint density at radius 2 is 1.61 bits per heavy atom. The van der Waals surface area contributed by atoms with Crippen molar-refractivity contribution < 1.29 is 13.2 Å². The van der Waals surface area contributed by atoms with Gasteiger partial charge >= 0.3 is 0 Å². The third kappa shape index (κ3) is 6.33. The molecular formula is C24H27N3O3S. The predicted molar refractivity (Wildman–Crippen MR) is 125 cm³/mol. The standard InChI is InChI=1S/C24H27N3O3S/c1-3-27(19-21-8-6-5-7-9-21)22-12-10-20(11-13-22)18-25-26-31(28,29)24-16-14-23(15-17-24)30-4-2/h5-18,26H,3-4,19H2,1-2H3. The Morgan fingerprint density at radius 1 is 0.935 bits per heavy atom. The number of nitrogens with zero attached hydrogens (tertiary/aromatic N) is 2. The second-order valence-corrected chi connectivity index (χ2v) is 8.51. The number of benzene rings is 3. The first-order valence-electron chi connectivity index (χ1n) is 10.2. The molecule has 3 aromatic carbocycles. The Labute approximate surface area is 184 Å². The van der Waals surface area contributed by atoms with Crippen molar-refractivity contribution in [2.75, 3.05) is 18.1 Å². The molecule has 0 amide bonds. The zero-order valence-electron chi connectivity index (χ0n) is 17.7. The van der Waals surface area contributed by atoms with Crippen LogP contribution in [0.5, 0.6) is 5.75 Å². The minimum absolute atomic E-state index is 0.128. The lowest BCUT2D eigenvalue weighted by Crippen LogP contribution is -2.21. The Kier molecular flexibility index (Phi) is 7.67. The molecule has 0 unspecified atom stereocenters. The highest BCUT2D eigenvalue weighted by molar-refractivity contribution is 7.89. The number of anilines is 1. The van der Waals surface area contributed by atoms with E-state index in [9.17, 15) is 8.42 Å². The first-order valence-corrected chi connectivity index (χ1v) is 11.7. The minimum Gasteiger partial charge on any atom is -0.494 e. The van der Waals surface area contributed by atoms with Gasteiger partial charge in [-0.05, 0) is 61.4 Å². The fourth-order valence-corrected chi connectivity index (χ4v) is 3.86. The molecule has 6 nitrogen and oxygen atoms in total. The fraction of sp³-hybridized carbons (Fsp3) is 0.208. The highest BCUT2D eigenvalue weighted by Gasteiger charge is 2.12. The number of hydrazone groups is 1. The maximum absolute atomic E-state index is 12.4. The molecule has 0 spiro atoms. The number of sulfonamides is 1. The zero-order valence-corrected chi connectivity index (χ0v) is 18.5. The highest BCUT2D eigenvalue weighted by atomic mass is 32.2. The van der Waals surface area contributed by atoms with Crippen molar-refractivity contribution in [1.29, 1.82) is 0 Å². The Morgan fingerprint density at radius 3 is 2.23 bits per heavy atom. The van der Waals surface area contributed by atoms with Gasteiger partial charge in [0.15, 0.2) is 0 Å². The maximum atomic E-state index is 12.4. The van der Waals surface area contributed by atoms with E-state index in [0.29, 0.717) is 12.4 Å². The first-order chi connectivity index (χ1) is 15.0. The van der Waals surface area contributed by atoms with Gasteiger partial charge < -0.3 is 9.64 Å². The summed E-state index contributed by atoms with van der Waals surface area (Å²) in [4.78, 5) is 4.64. The van der Waals surface area contributed by atoms with Crippen LogP contribution < -0.4 is 14.5 Å². The predicted octanol–water partition coefficient (Wildman–Crippen LogP) is 4.42. The molecule has 0 aliphatic carbocycles. The van der Waals surface area contributed by atoms with E-state index in [0.717, 1.165) is 24.3 Å². The molecule has 0 bridgehead atoms. The van der Waals surface area contributed by atoms with Crippen LogP contribution in [0.15, 0.2) is 88.9 Å². The van der Waals surface area contributed by atoms with Gasteiger partial charge in [0.2, 0.25) is 0 Å². The number of rotatable bonds is 10. The Bertz CT molecular complexity index is 1080. The molecule has 0 atom stereocenters. The quantitative estimate of drug-likeness (QED) is 0.376. The summed E-state index contributed by atoms with van der Waals surface area (Å²) in [5, 5.41) is 3.90. The maximum Gasteiger partial charge on any atom is 0.276 e. The monoisotopic (exact) mass is 437 g/mol. The van der Waals surface area contributed by atoms with Crippen LogP contribution in [0.1, 0.15) is 25.0 Å². The van der Waals surface area contributed by atoms with Crippen LogP contribution in [0.3, 0.4) is 0 Å². The van der Waals surface area contributed by atoms with Gasteiger partial charge in [-0.1, -0.05) is 42.5 Å². The van der Waals surface area contributed by atoms with E-state index in [4.69, 9.17) is 4.74 Å². The molecule has 31 heavy (non-hydrogen) atoms. The molecule has 0 aliphatic rings. The number of nitrogens with one attached hydrogen (secondary N) is 1. The number of hydrogen-bond acceptors (Lipinski definition) is 5. The van der Waals surface area contributed by atoms with Gasteiger partial charge in [0.05, 0.1) is 17.7 Å². The summed E-state index contributed by atoms with van der Waals surface area (Å²) in [6.07, 6.45) is 1.49. The molecule has 1 N–H and O–H groups in total. The molecule has 162 valence electrons. The second-order valence-electron chi connectivity index (χ2n) is 6.85. The molecule has 0 fully saturated rings. The van der Waals surface area contributed by atoms with Gasteiger partial charge in [0, 0.05) is 18.8 Å². The third-order valence-corrected chi connectivity index (χ3v) is 5.93. The van der Waals surface area contributed by atoms with E-state index >= 15 is 0 Å². The van der Waals surface area contributed by atoms with E-state index < -0.39 is 10.0 Å². The van der Waals surface area contributed by atoms with E-state index in [1.54, 1.807) is 12.1 Å². The van der Waals surface area contributed by atoms with Crippen LogP contribution in [0.4, 0.5) is 5.69 Å². The van der Waals surface area contributed by atoms with Crippen LogP contribution in [-0.4, -0.2) is 27.8 Å². The van der Waals surface area contributed by atoms with Crippen molar-refractivity contribution in [2.45, 2.75) is 25.3 Å². The average molecular weight is 438 g/mol. The molecule has 3 aromatic rings. The number of ether oxygens (including phenoxy) is 1. The van der Waals surface area contributed by atoms with E-state index in [1.165, 1.54) is 23.9 Å².